The zero-order valence-corrected chi connectivity index (χ0v) is 14.3. The Hall–Kier alpha value is -3.01. The van der Waals surface area contributed by atoms with Gasteiger partial charge < -0.3 is 14.4 Å². The Bertz CT molecular complexity index is 829. The van der Waals surface area contributed by atoms with Crippen molar-refractivity contribution < 1.29 is 23.0 Å². The molecule has 2 aliphatic heterocycles. The van der Waals surface area contributed by atoms with Crippen LogP contribution in [0.2, 0.25) is 0 Å². The van der Waals surface area contributed by atoms with E-state index in [4.69, 9.17) is 0 Å². The lowest BCUT2D eigenvalue weighted by Crippen LogP contribution is -2.49. The summed E-state index contributed by atoms with van der Waals surface area (Å²) in [7, 11) is 0. The number of fused-ring (bicyclic) bond motifs is 1. The number of ether oxygens (including phenoxy) is 2. The van der Waals surface area contributed by atoms with Crippen molar-refractivity contribution in [1.82, 2.24) is 19.8 Å². The Morgan fingerprint density at radius 1 is 1.15 bits per heavy atom. The lowest BCUT2D eigenvalue weighted by atomic mass is 10.1. The highest BCUT2D eigenvalue weighted by Crippen LogP contribution is 2.41. The maximum Gasteiger partial charge on any atom is 0.586 e. The molecule has 1 aromatic carbocycles. The van der Waals surface area contributed by atoms with Crippen molar-refractivity contribution in [3.63, 3.8) is 0 Å². The van der Waals surface area contributed by atoms with E-state index in [0.29, 0.717) is 38.5 Å². The number of anilines is 1. The number of aromatic nitrogens is 2. The minimum absolute atomic E-state index is 0.0363. The lowest BCUT2D eigenvalue weighted by Gasteiger charge is -2.34. The van der Waals surface area contributed by atoms with Crippen LogP contribution in [0.5, 0.6) is 11.5 Å². The summed E-state index contributed by atoms with van der Waals surface area (Å²) in [5.41, 5.74) is 0.840. The van der Waals surface area contributed by atoms with Gasteiger partial charge in [-0.25, -0.2) is 9.78 Å². The van der Waals surface area contributed by atoms with Crippen LogP contribution >= 0.6 is 0 Å². The first-order chi connectivity index (χ1) is 13.0. The molecule has 142 valence electrons. The smallest absolute Gasteiger partial charge is 0.395 e. The number of nitrogens with one attached hydrogen (secondary N) is 1. The van der Waals surface area contributed by atoms with Gasteiger partial charge in [0.05, 0.1) is 6.20 Å². The predicted molar refractivity (Wildman–Crippen MR) is 90.5 cm³/mol. The molecule has 0 aliphatic carbocycles. The highest BCUT2D eigenvalue weighted by Gasteiger charge is 2.43. The normalized spacial score (nSPS) is 18.4. The third-order valence-electron chi connectivity index (χ3n) is 4.33. The van der Waals surface area contributed by atoms with E-state index in [9.17, 15) is 13.6 Å². The second kappa shape index (κ2) is 6.95. The van der Waals surface area contributed by atoms with E-state index in [1.807, 2.05) is 0 Å². The van der Waals surface area contributed by atoms with Crippen LogP contribution < -0.4 is 14.8 Å². The quantitative estimate of drug-likeness (QED) is 0.883. The second-order valence-electron chi connectivity index (χ2n) is 6.23. The van der Waals surface area contributed by atoms with Gasteiger partial charge in [0.25, 0.3) is 0 Å². The maximum absolute atomic E-state index is 13.1. The lowest BCUT2D eigenvalue weighted by molar-refractivity contribution is -0.286. The van der Waals surface area contributed by atoms with Gasteiger partial charge in [0, 0.05) is 45.1 Å². The number of hydrogen-bond donors (Lipinski definition) is 1. The summed E-state index contributed by atoms with van der Waals surface area (Å²) in [6.45, 7) is 3.00. The number of benzene rings is 1. The van der Waals surface area contributed by atoms with Crippen LogP contribution in [0.1, 0.15) is 5.56 Å². The molecule has 2 aliphatic rings. The zero-order chi connectivity index (χ0) is 18.9. The Kier molecular flexibility index (Phi) is 4.48. The molecule has 4 rings (SSSR count). The van der Waals surface area contributed by atoms with E-state index in [1.165, 1.54) is 24.7 Å². The molecule has 0 atom stereocenters. The van der Waals surface area contributed by atoms with E-state index in [1.54, 1.807) is 17.0 Å². The molecule has 0 unspecified atom stereocenters. The van der Waals surface area contributed by atoms with Crippen LogP contribution in [-0.4, -0.2) is 58.3 Å². The summed E-state index contributed by atoms with van der Waals surface area (Å²) >= 11 is 0. The SMILES string of the molecule is O=C(Nc1cnccn1)N1CCN(Cc2ccc3c(c2)OC(F)(F)O3)CC1. The van der Waals surface area contributed by atoms with Gasteiger partial charge in [0.2, 0.25) is 0 Å². The molecule has 1 saturated heterocycles. The van der Waals surface area contributed by atoms with Crippen molar-refractivity contribution in [1.29, 1.82) is 0 Å². The highest BCUT2D eigenvalue weighted by atomic mass is 19.3. The third-order valence-corrected chi connectivity index (χ3v) is 4.33. The first-order valence-electron chi connectivity index (χ1n) is 8.42. The van der Waals surface area contributed by atoms with Crippen LogP contribution in [-0.2, 0) is 6.54 Å². The molecule has 27 heavy (non-hydrogen) atoms. The second-order valence-corrected chi connectivity index (χ2v) is 6.23. The van der Waals surface area contributed by atoms with E-state index in [2.05, 4.69) is 29.7 Å². The minimum atomic E-state index is -3.61. The van der Waals surface area contributed by atoms with E-state index in [0.717, 1.165) is 5.56 Å². The van der Waals surface area contributed by atoms with Gasteiger partial charge in [-0.2, -0.15) is 0 Å². The van der Waals surface area contributed by atoms with Crippen molar-refractivity contribution in [2.24, 2.45) is 0 Å². The Morgan fingerprint density at radius 3 is 2.67 bits per heavy atom. The molecule has 0 bridgehead atoms. The van der Waals surface area contributed by atoms with E-state index in [-0.39, 0.29) is 17.5 Å². The van der Waals surface area contributed by atoms with Crippen molar-refractivity contribution in [3.8, 4) is 11.5 Å². The molecule has 0 saturated carbocycles. The molecule has 1 aromatic heterocycles. The number of piperazine rings is 1. The van der Waals surface area contributed by atoms with Crippen LogP contribution in [0.25, 0.3) is 0 Å². The molecular formula is C17H17F2N5O3. The number of carbonyl (C=O) groups excluding carboxylic acids is 1. The van der Waals surface area contributed by atoms with Gasteiger partial charge in [-0.05, 0) is 17.7 Å². The number of halogens is 2. The summed E-state index contributed by atoms with van der Waals surface area (Å²) in [4.78, 5) is 24.0. The first kappa shape index (κ1) is 17.4. The summed E-state index contributed by atoms with van der Waals surface area (Å²) in [6, 6.07) is 4.55. The maximum atomic E-state index is 13.1. The van der Waals surface area contributed by atoms with Crippen molar-refractivity contribution in [2.75, 3.05) is 31.5 Å². The average molecular weight is 377 g/mol. The van der Waals surface area contributed by atoms with Crippen LogP contribution in [0.3, 0.4) is 0 Å². The fraction of sp³-hybridized carbons (Fsp3) is 0.353. The van der Waals surface area contributed by atoms with Crippen molar-refractivity contribution >= 4 is 11.8 Å². The largest absolute Gasteiger partial charge is 0.586 e. The van der Waals surface area contributed by atoms with Crippen LogP contribution in [0, 0.1) is 0 Å². The Balaban J connectivity index is 1.29. The summed E-state index contributed by atoms with van der Waals surface area (Å²) in [5, 5.41) is 2.71. The number of amides is 2. The molecule has 3 heterocycles. The van der Waals surface area contributed by atoms with E-state index < -0.39 is 6.29 Å². The van der Waals surface area contributed by atoms with Crippen LogP contribution in [0.4, 0.5) is 19.4 Å². The standard InChI is InChI=1S/C17H17F2N5O3/c18-17(19)26-13-2-1-12(9-14(13)27-17)11-23-5-7-24(8-6-23)16(25)22-15-10-20-3-4-21-15/h1-4,9-10H,5-8,11H2,(H,21,22,25). The summed E-state index contributed by atoms with van der Waals surface area (Å²) < 4.78 is 35.1. The molecular weight excluding hydrogens is 360 g/mol. The minimum Gasteiger partial charge on any atom is -0.395 e. The number of nitrogens with zero attached hydrogens (tertiary/aromatic N) is 4. The predicted octanol–water partition coefficient (Wildman–Crippen LogP) is 2.15. The first-order valence-corrected chi connectivity index (χ1v) is 8.42. The number of urea groups is 1. The molecule has 1 fully saturated rings. The van der Waals surface area contributed by atoms with Gasteiger partial charge in [0.1, 0.15) is 0 Å². The van der Waals surface area contributed by atoms with Gasteiger partial charge in [-0.15, -0.1) is 8.78 Å². The fourth-order valence-electron chi connectivity index (χ4n) is 3.01. The average Bonchev–Trinajstić information content (AvgIpc) is 2.96. The van der Waals surface area contributed by atoms with E-state index >= 15 is 0 Å². The Labute approximate surface area is 153 Å². The van der Waals surface area contributed by atoms with Crippen molar-refractivity contribution in [2.45, 2.75) is 12.8 Å². The van der Waals surface area contributed by atoms with Gasteiger partial charge in [-0.3, -0.25) is 15.2 Å². The Morgan fingerprint density at radius 2 is 1.93 bits per heavy atom. The van der Waals surface area contributed by atoms with Crippen LogP contribution in [0.15, 0.2) is 36.8 Å². The zero-order valence-electron chi connectivity index (χ0n) is 14.3. The van der Waals surface area contributed by atoms with Gasteiger partial charge in [0.15, 0.2) is 17.3 Å². The number of hydrogen-bond acceptors (Lipinski definition) is 6. The highest BCUT2D eigenvalue weighted by molar-refractivity contribution is 5.88. The fourth-order valence-corrected chi connectivity index (χ4v) is 3.01. The van der Waals surface area contributed by atoms with Crippen molar-refractivity contribution in [3.05, 3.63) is 42.4 Å². The third kappa shape index (κ3) is 4.05. The molecule has 2 aromatic rings. The van der Waals surface area contributed by atoms with Gasteiger partial charge >= 0.3 is 12.3 Å². The molecule has 8 nitrogen and oxygen atoms in total. The number of alkyl halides is 2. The van der Waals surface area contributed by atoms with Gasteiger partial charge in [-0.1, -0.05) is 6.07 Å². The summed E-state index contributed by atoms with van der Waals surface area (Å²) in [6.07, 6.45) is 0.918. The monoisotopic (exact) mass is 377 g/mol. The molecule has 0 radical (unpaired) electrons. The molecule has 2 amide bonds. The summed E-state index contributed by atoms with van der Waals surface area (Å²) in [5.74, 6) is 0.482. The number of carbonyl (C=O) groups is 1. The number of rotatable bonds is 3. The molecule has 1 N–H and O–H groups in total. The molecule has 10 heteroatoms. The topological polar surface area (TPSA) is 79.8 Å². The molecule has 0 spiro atoms.